The van der Waals surface area contributed by atoms with Crippen LogP contribution in [0.25, 0.3) is 6.08 Å². The van der Waals surface area contributed by atoms with Crippen molar-refractivity contribution in [1.82, 2.24) is 15.6 Å². The lowest BCUT2D eigenvalue weighted by Crippen LogP contribution is -2.50. The quantitative estimate of drug-likeness (QED) is 0.192. The molecule has 0 spiro atoms. The van der Waals surface area contributed by atoms with Gasteiger partial charge in [-0.2, -0.15) is 13.2 Å². The van der Waals surface area contributed by atoms with Crippen LogP contribution in [0.15, 0.2) is 115 Å². The van der Waals surface area contributed by atoms with Crippen LogP contribution in [0.3, 0.4) is 0 Å². The number of alkyl halides is 3. The molecule has 0 fully saturated rings. The van der Waals surface area contributed by atoms with Crippen molar-refractivity contribution in [1.29, 1.82) is 0 Å². The molecule has 4 rings (SSSR count). The maximum atomic E-state index is 13.6. The van der Waals surface area contributed by atoms with E-state index < -0.39 is 35.8 Å². The molecule has 6 nitrogen and oxygen atoms in total. The minimum absolute atomic E-state index is 0.0405. The fourth-order valence-corrected chi connectivity index (χ4v) is 4.36. The van der Waals surface area contributed by atoms with Gasteiger partial charge in [0.05, 0.1) is 11.3 Å². The van der Waals surface area contributed by atoms with Crippen molar-refractivity contribution in [3.63, 3.8) is 0 Å². The van der Waals surface area contributed by atoms with Crippen LogP contribution in [0, 0.1) is 0 Å². The third-order valence-electron chi connectivity index (χ3n) is 6.63. The Morgan fingerprint density at radius 1 is 0.814 bits per heavy atom. The highest BCUT2D eigenvalue weighted by molar-refractivity contribution is 5.86. The monoisotopic (exact) mass is 587 g/mol. The highest BCUT2D eigenvalue weighted by Crippen LogP contribution is 2.29. The molecule has 0 radical (unpaired) electrons. The molecule has 1 heterocycles. The van der Waals surface area contributed by atoms with Crippen LogP contribution in [0.4, 0.5) is 18.0 Å². The molecule has 0 saturated heterocycles. The number of aryl methyl sites for hydroxylation is 1. The van der Waals surface area contributed by atoms with Crippen molar-refractivity contribution < 1.29 is 27.5 Å². The summed E-state index contributed by atoms with van der Waals surface area (Å²) in [5.74, 6) is -0.458. The summed E-state index contributed by atoms with van der Waals surface area (Å²) in [5.41, 5.74) is 1.97. The molecule has 0 saturated carbocycles. The maximum Gasteiger partial charge on any atom is 0.416 e. The van der Waals surface area contributed by atoms with E-state index in [1.165, 1.54) is 6.08 Å². The summed E-state index contributed by atoms with van der Waals surface area (Å²) in [7, 11) is 0. The summed E-state index contributed by atoms with van der Waals surface area (Å²) in [5, 5.41) is 5.63. The number of hydrogen-bond acceptors (Lipinski definition) is 4. The van der Waals surface area contributed by atoms with Crippen molar-refractivity contribution in [2.75, 3.05) is 0 Å². The number of hydrogen-bond donors (Lipinski definition) is 2. The first-order valence-electron chi connectivity index (χ1n) is 13.8. The first kappa shape index (κ1) is 31.0. The highest BCUT2D eigenvalue weighted by atomic mass is 19.4. The summed E-state index contributed by atoms with van der Waals surface area (Å²) in [6, 6.07) is 28.4. The van der Waals surface area contributed by atoms with Gasteiger partial charge in [-0.15, -0.1) is 0 Å². The van der Waals surface area contributed by atoms with E-state index in [1.807, 2.05) is 91.0 Å². The molecule has 3 aromatic carbocycles. The Labute approximate surface area is 248 Å². The fourth-order valence-electron chi connectivity index (χ4n) is 4.36. The summed E-state index contributed by atoms with van der Waals surface area (Å²) in [4.78, 5) is 30.3. The number of rotatable bonds is 12. The molecule has 2 N–H and O–H groups in total. The number of nitrogens with one attached hydrogen (secondary N) is 2. The van der Waals surface area contributed by atoms with Crippen LogP contribution in [-0.2, 0) is 35.2 Å². The average molecular weight is 588 g/mol. The molecule has 43 heavy (non-hydrogen) atoms. The van der Waals surface area contributed by atoms with Gasteiger partial charge >= 0.3 is 12.3 Å². The number of carbonyl (C=O) groups is 2. The Morgan fingerprint density at radius 2 is 1.42 bits per heavy atom. The number of amides is 2. The topological polar surface area (TPSA) is 80.3 Å². The largest absolute Gasteiger partial charge is 0.445 e. The first-order chi connectivity index (χ1) is 20.8. The van der Waals surface area contributed by atoms with Gasteiger partial charge in [0.2, 0.25) is 5.91 Å². The number of nitrogens with zero attached hydrogens (tertiary/aromatic N) is 1. The minimum Gasteiger partial charge on any atom is -0.445 e. The third kappa shape index (κ3) is 10.5. The Balaban J connectivity index is 1.50. The Morgan fingerprint density at radius 3 is 2.05 bits per heavy atom. The van der Waals surface area contributed by atoms with E-state index in [1.54, 1.807) is 6.08 Å². The maximum absolute atomic E-state index is 13.6. The van der Waals surface area contributed by atoms with Gasteiger partial charge in [0.15, 0.2) is 0 Å². The number of pyridine rings is 1. The van der Waals surface area contributed by atoms with Gasteiger partial charge in [0.1, 0.15) is 12.6 Å². The number of halogens is 3. The van der Waals surface area contributed by atoms with Gasteiger partial charge in [-0.3, -0.25) is 9.78 Å². The van der Waals surface area contributed by atoms with Gasteiger partial charge in [0.25, 0.3) is 0 Å². The van der Waals surface area contributed by atoms with Crippen LogP contribution < -0.4 is 10.6 Å². The van der Waals surface area contributed by atoms with Gasteiger partial charge in [-0.05, 0) is 47.7 Å². The van der Waals surface area contributed by atoms with Gasteiger partial charge in [-0.1, -0.05) is 97.1 Å². The number of benzene rings is 3. The normalized spacial score (nSPS) is 12.8. The summed E-state index contributed by atoms with van der Waals surface area (Å²) < 4.78 is 45.0. The molecule has 1 aromatic heterocycles. The van der Waals surface area contributed by atoms with E-state index in [0.29, 0.717) is 12.8 Å². The van der Waals surface area contributed by atoms with E-state index in [-0.39, 0.29) is 18.7 Å². The Kier molecular flexibility index (Phi) is 11.1. The zero-order valence-corrected chi connectivity index (χ0v) is 23.3. The molecule has 0 aliphatic heterocycles. The van der Waals surface area contributed by atoms with E-state index in [0.717, 1.165) is 35.0 Å². The van der Waals surface area contributed by atoms with Crippen molar-refractivity contribution >= 4 is 18.1 Å². The summed E-state index contributed by atoms with van der Waals surface area (Å²) in [6.07, 6.45) is 0.194. The summed E-state index contributed by atoms with van der Waals surface area (Å²) >= 11 is 0. The van der Waals surface area contributed by atoms with Crippen molar-refractivity contribution in [2.45, 2.75) is 44.1 Å². The van der Waals surface area contributed by atoms with Crippen molar-refractivity contribution in [2.24, 2.45) is 0 Å². The lowest BCUT2D eigenvalue weighted by Gasteiger charge is -2.22. The molecular weight excluding hydrogens is 555 g/mol. The smallest absolute Gasteiger partial charge is 0.416 e. The molecule has 0 aliphatic rings. The number of alkyl carbamates (subject to hydrolysis) is 1. The van der Waals surface area contributed by atoms with Crippen LogP contribution in [-0.4, -0.2) is 29.1 Å². The van der Waals surface area contributed by atoms with Gasteiger partial charge in [-0.25, -0.2) is 4.79 Å². The molecule has 222 valence electrons. The second-order valence-corrected chi connectivity index (χ2v) is 9.91. The SMILES string of the molecule is O=C(NC(Cc1ccccc1)C(=O)NC(C=Cc1cc(C(F)(F)F)ccn1)CCc1ccccc1)OCc1ccccc1. The number of carbonyl (C=O) groups excluding carboxylic acids is 2. The highest BCUT2D eigenvalue weighted by Gasteiger charge is 2.30. The van der Waals surface area contributed by atoms with Gasteiger partial charge in [0, 0.05) is 18.7 Å². The second kappa shape index (κ2) is 15.3. The van der Waals surface area contributed by atoms with Crippen molar-refractivity contribution in [3.05, 3.63) is 143 Å². The lowest BCUT2D eigenvalue weighted by atomic mass is 10.0. The summed E-state index contributed by atoms with van der Waals surface area (Å²) in [6.45, 7) is 0.0405. The number of ether oxygens (including phenoxy) is 1. The zero-order valence-electron chi connectivity index (χ0n) is 23.3. The molecular formula is C34H32F3N3O3. The van der Waals surface area contributed by atoms with Gasteiger partial charge < -0.3 is 15.4 Å². The lowest BCUT2D eigenvalue weighted by molar-refractivity contribution is -0.137. The van der Waals surface area contributed by atoms with Crippen LogP contribution >= 0.6 is 0 Å². The first-order valence-corrected chi connectivity index (χ1v) is 13.8. The molecule has 4 aromatic rings. The molecule has 0 bridgehead atoms. The van der Waals surface area contributed by atoms with Crippen molar-refractivity contribution in [3.8, 4) is 0 Å². The molecule has 2 amide bonds. The van der Waals surface area contributed by atoms with E-state index in [2.05, 4.69) is 15.6 Å². The number of aromatic nitrogens is 1. The molecule has 0 aliphatic carbocycles. The molecule has 2 atom stereocenters. The second-order valence-electron chi connectivity index (χ2n) is 9.91. The standard InChI is InChI=1S/C34H32F3N3O3/c35-34(36,37)28-20-21-38-30(23-28)19-18-29(17-16-25-10-4-1-5-11-25)39-32(41)31(22-26-12-6-2-7-13-26)40-33(42)43-24-27-14-8-3-9-15-27/h1-15,18-21,23,29,31H,16-17,22,24H2,(H,39,41)(H,40,42). The van der Waals surface area contributed by atoms with Crippen LogP contribution in [0.2, 0.25) is 0 Å². The third-order valence-corrected chi connectivity index (χ3v) is 6.63. The predicted octanol–water partition coefficient (Wildman–Crippen LogP) is 6.77. The van der Waals surface area contributed by atoms with E-state index >= 15 is 0 Å². The van der Waals surface area contributed by atoms with Crippen LogP contribution in [0.5, 0.6) is 0 Å². The average Bonchev–Trinajstić information content (AvgIpc) is 3.02. The fraction of sp³-hybridized carbons (Fsp3) is 0.206. The molecule has 9 heteroatoms. The zero-order chi connectivity index (χ0) is 30.5. The van der Waals surface area contributed by atoms with E-state index in [4.69, 9.17) is 4.74 Å². The van der Waals surface area contributed by atoms with Crippen LogP contribution in [0.1, 0.15) is 34.4 Å². The Hall–Kier alpha value is -4.92. The molecule has 2 unspecified atom stereocenters. The minimum atomic E-state index is -4.50. The van der Waals surface area contributed by atoms with E-state index in [9.17, 15) is 22.8 Å². The Bertz CT molecular complexity index is 1480. The predicted molar refractivity (Wildman–Crippen MR) is 159 cm³/mol.